The SMILES string of the molecule is CC(C)(C)c1ccc(-c2ccc(C(=O)NCc3cncnc3N)o2)cc1. The van der Waals surface area contributed by atoms with Crippen molar-refractivity contribution < 1.29 is 9.21 Å². The second kappa shape index (κ2) is 7.00. The van der Waals surface area contributed by atoms with Gasteiger partial charge < -0.3 is 15.5 Å². The predicted octanol–water partition coefficient (Wildman–Crippen LogP) is 3.55. The minimum atomic E-state index is -0.314. The number of rotatable bonds is 4. The van der Waals surface area contributed by atoms with Gasteiger partial charge in [-0.3, -0.25) is 4.79 Å². The normalized spacial score (nSPS) is 11.3. The lowest BCUT2D eigenvalue weighted by molar-refractivity contribution is 0.0924. The number of anilines is 1. The maximum atomic E-state index is 12.3. The van der Waals surface area contributed by atoms with Gasteiger partial charge in [0, 0.05) is 23.9 Å². The number of nitrogens with zero attached hydrogens (tertiary/aromatic N) is 2. The predicted molar refractivity (Wildman–Crippen MR) is 100 cm³/mol. The molecular formula is C20H22N4O2. The maximum absolute atomic E-state index is 12.3. The summed E-state index contributed by atoms with van der Waals surface area (Å²) >= 11 is 0. The minimum Gasteiger partial charge on any atom is -0.451 e. The van der Waals surface area contributed by atoms with Crippen molar-refractivity contribution >= 4 is 11.7 Å². The number of carbonyl (C=O) groups is 1. The molecule has 0 aliphatic carbocycles. The standard InChI is InChI=1S/C20H22N4O2/c1-20(2,3)15-6-4-13(5-7-15)16-8-9-17(26-16)19(25)23-11-14-10-22-12-24-18(14)21/h4-10,12H,11H2,1-3H3,(H,23,25)(H2,21,22,24). The van der Waals surface area contributed by atoms with Crippen LogP contribution >= 0.6 is 0 Å². The molecule has 0 fully saturated rings. The van der Waals surface area contributed by atoms with E-state index >= 15 is 0 Å². The van der Waals surface area contributed by atoms with E-state index < -0.39 is 0 Å². The molecule has 0 aliphatic rings. The van der Waals surface area contributed by atoms with E-state index in [0.29, 0.717) is 17.1 Å². The molecule has 0 spiro atoms. The fourth-order valence-electron chi connectivity index (χ4n) is 2.52. The Morgan fingerprint density at radius 2 is 1.88 bits per heavy atom. The van der Waals surface area contributed by atoms with Crippen molar-refractivity contribution in [3.63, 3.8) is 0 Å². The smallest absolute Gasteiger partial charge is 0.287 e. The van der Waals surface area contributed by atoms with Crippen LogP contribution in [-0.4, -0.2) is 15.9 Å². The van der Waals surface area contributed by atoms with Crippen molar-refractivity contribution in [3.05, 3.63) is 65.8 Å². The summed E-state index contributed by atoms with van der Waals surface area (Å²) < 4.78 is 5.70. The van der Waals surface area contributed by atoms with E-state index in [9.17, 15) is 4.79 Å². The molecule has 0 unspecified atom stereocenters. The van der Waals surface area contributed by atoms with E-state index in [0.717, 1.165) is 5.56 Å². The molecule has 6 heteroatoms. The number of amides is 1. The summed E-state index contributed by atoms with van der Waals surface area (Å²) in [6, 6.07) is 11.6. The molecule has 3 aromatic rings. The van der Waals surface area contributed by atoms with Gasteiger partial charge in [0.25, 0.3) is 5.91 Å². The van der Waals surface area contributed by atoms with Crippen molar-refractivity contribution in [2.45, 2.75) is 32.7 Å². The zero-order valence-electron chi connectivity index (χ0n) is 15.1. The van der Waals surface area contributed by atoms with Crippen LogP contribution in [0, 0.1) is 0 Å². The van der Waals surface area contributed by atoms with Gasteiger partial charge in [0.15, 0.2) is 5.76 Å². The van der Waals surface area contributed by atoms with Crippen LogP contribution in [0.15, 0.2) is 53.3 Å². The summed E-state index contributed by atoms with van der Waals surface area (Å²) in [6.07, 6.45) is 2.94. The topological polar surface area (TPSA) is 94.0 Å². The number of carbonyl (C=O) groups excluding carboxylic acids is 1. The van der Waals surface area contributed by atoms with Gasteiger partial charge in [0.05, 0.1) is 0 Å². The van der Waals surface area contributed by atoms with E-state index in [1.807, 2.05) is 12.1 Å². The summed E-state index contributed by atoms with van der Waals surface area (Å²) in [5, 5.41) is 2.76. The molecule has 0 aliphatic heterocycles. The van der Waals surface area contributed by atoms with Gasteiger partial charge >= 0.3 is 0 Å². The molecule has 0 atom stereocenters. The van der Waals surface area contributed by atoms with Crippen molar-refractivity contribution in [1.29, 1.82) is 0 Å². The Morgan fingerprint density at radius 3 is 2.54 bits per heavy atom. The highest BCUT2D eigenvalue weighted by Crippen LogP contribution is 2.27. The molecule has 3 rings (SSSR count). The summed E-state index contributed by atoms with van der Waals surface area (Å²) in [4.78, 5) is 20.1. The quantitative estimate of drug-likeness (QED) is 0.750. The van der Waals surface area contributed by atoms with Crippen molar-refractivity contribution in [1.82, 2.24) is 15.3 Å². The third-order valence-electron chi connectivity index (χ3n) is 4.13. The Morgan fingerprint density at radius 1 is 1.15 bits per heavy atom. The number of nitrogen functional groups attached to an aromatic ring is 1. The van der Waals surface area contributed by atoms with Crippen LogP contribution < -0.4 is 11.1 Å². The molecule has 6 nitrogen and oxygen atoms in total. The van der Waals surface area contributed by atoms with Gasteiger partial charge in [-0.2, -0.15) is 0 Å². The molecule has 1 aromatic carbocycles. The molecule has 2 aromatic heterocycles. The Hall–Kier alpha value is -3.15. The lowest BCUT2D eigenvalue weighted by Crippen LogP contribution is -2.23. The first kappa shape index (κ1) is 17.7. The van der Waals surface area contributed by atoms with E-state index in [-0.39, 0.29) is 23.6 Å². The first-order valence-electron chi connectivity index (χ1n) is 8.38. The van der Waals surface area contributed by atoms with E-state index in [1.165, 1.54) is 11.9 Å². The number of aromatic nitrogens is 2. The third-order valence-corrected chi connectivity index (χ3v) is 4.13. The number of hydrogen-bond acceptors (Lipinski definition) is 5. The van der Waals surface area contributed by atoms with Crippen molar-refractivity contribution in [2.75, 3.05) is 5.73 Å². The molecule has 0 saturated carbocycles. The summed E-state index contributed by atoms with van der Waals surface area (Å²) in [5.41, 5.74) is 8.67. The monoisotopic (exact) mass is 350 g/mol. The first-order chi connectivity index (χ1) is 12.3. The van der Waals surface area contributed by atoms with Crippen LogP contribution in [-0.2, 0) is 12.0 Å². The number of nitrogens with one attached hydrogen (secondary N) is 1. The Labute approximate surface area is 152 Å². The van der Waals surface area contributed by atoms with Crippen LogP contribution in [0.2, 0.25) is 0 Å². The second-order valence-corrected chi connectivity index (χ2v) is 7.11. The zero-order chi connectivity index (χ0) is 18.7. The van der Waals surface area contributed by atoms with Crippen LogP contribution in [0.4, 0.5) is 5.82 Å². The van der Waals surface area contributed by atoms with Crippen LogP contribution in [0.1, 0.15) is 42.5 Å². The number of benzene rings is 1. The summed E-state index contributed by atoms with van der Waals surface area (Å²) in [6.45, 7) is 6.74. The highest BCUT2D eigenvalue weighted by molar-refractivity contribution is 5.92. The number of furan rings is 1. The highest BCUT2D eigenvalue weighted by Gasteiger charge is 2.15. The maximum Gasteiger partial charge on any atom is 0.287 e. The molecule has 134 valence electrons. The third kappa shape index (κ3) is 3.91. The van der Waals surface area contributed by atoms with E-state index in [1.54, 1.807) is 18.3 Å². The largest absolute Gasteiger partial charge is 0.451 e. The molecule has 1 amide bonds. The average molecular weight is 350 g/mol. The average Bonchev–Trinajstić information content (AvgIpc) is 3.10. The summed E-state index contributed by atoms with van der Waals surface area (Å²) in [5.74, 6) is 0.929. The Balaban J connectivity index is 1.69. The first-order valence-corrected chi connectivity index (χ1v) is 8.38. The molecule has 0 saturated heterocycles. The van der Waals surface area contributed by atoms with Crippen LogP contribution in [0.3, 0.4) is 0 Å². The van der Waals surface area contributed by atoms with Crippen LogP contribution in [0.5, 0.6) is 0 Å². The van der Waals surface area contributed by atoms with Gasteiger partial charge in [0.2, 0.25) is 0 Å². The molecule has 0 radical (unpaired) electrons. The minimum absolute atomic E-state index is 0.0930. The molecular weight excluding hydrogens is 328 g/mol. The van der Waals surface area contributed by atoms with Crippen LogP contribution in [0.25, 0.3) is 11.3 Å². The van der Waals surface area contributed by atoms with Crippen molar-refractivity contribution in [3.8, 4) is 11.3 Å². The second-order valence-electron chi connectivity index (χ2n) is 7.11. The van der Waals surface area contributed by atoms with E-state index in [4.69, 9.17) is 10.2 Å². The number of hydrogen-bond donors (Lipinski definition) is 2. The summed E-state index contributed by atoms with van der Waals surface area (Å²) in [7, 11) is 0. The molecule has 3 N–H and O–H groups in total. The lowest BCUT2D eigenvalue weighted by Gasteiger charge is -2.18. The fourth-order valence-corrected chi connectivity index (χ4v) is 2.52. The molecule has 2 heterocycles. The van der Waals surface area contributed by atoms with Gasteiger partial charge in [-0.15, -0.1) is 0 Å². The fraction of sp³-hybridized carbons (Fsp3) is 0.250. The van der Waals surface area contributed by atoms with E-state index in [2.05, 4.69) is 48.2 Å². The van der Waals surface area contributed by atoms with Gasteiger partial charge in [-0.25, -0.2) is 9.97 Å². The van der Waals surface area contributed by atoms with Gasteiger partial charge in [0.1, 0.15) is 17.9 Å². The van der Waals surface area contributed by atoms with Crippen molar-refractivity contribution in [2.24, 2.45) is 0 Å². The highest BCUT2D eigenvalue weighted by atomic mass is 16.3. The number of nitrogens with two attached hydrogens (primary N) is 1. The lowest BCUT2D eigenvalue weighted by atomic mass is 9.86. The Bertz CT molecular complexity index is 908. The van der Waals surface area contributed by atoms with Gasteiger partial charge in [-0.1, -0.05) is 45.0 Å². The van der Waals surface area contributed by atoms with Gasteiger partial charge in [-0.05, 0) is 23.1 Å². The molecule has 26 heavy (non-hydrogen) atoms. The molecule has 0 bridgehead atoms. The Kier molecular flexibility index (Phi) is 4.75. The zero-order valence-corrected chi connectivity index (χ0v) is 15.1.